The molecule has 1 fully saturated rings. The lowest BCUT2D eigenvalue weighted by Gasteiger charge is -2.31. The third-order valence-corrected chi connectivity index (χ3v) is 4.21. The first-order chi connectivity index (χ1) is 13.4. The Hall–Kier alpha value is -3.94. The van der Waals surface area contributed by atoms with E-state index in [0.717, 1.165) is 10.5 Å². The molecule has 4 amide bonds. The highest BCUT2D eigenvalue weighted by molar-refractivity contribution is 6.17. The summed E-state index contributed by atoms with van der Waals surface area (Å²) in [7, 11) is 0. The lowest BCUT2D eigenvalue weighted by molar-refractivity contribution is -0.255. The van der Waals surface area contributed by atoms with Crippen LogP contribution in [-0.2, 0) is 16.1 Å². The van der Waals surface area contributed by atoms with E-state index in [1.165, 1.54) is 24.3 Å². The average Bonchev–Trinajstić information content (AvgIpc) is 2.66. The van der Waals surface area contributed by atoms with Crippen LogP contribution in [0.15, 0.2) is 66.9 Å². The summed E-state index contributed by atoms with van der Waals surface area (Å²) in [5, 5.41) is 15.8. The van der Waals surface area contributed by atoms with Gasteiger partial charge in [-0.25, -0.2) is 4.79 Å². The molecule has 2 aromatic carbocycles. The first-order valence-electron chi connectivity index (χ1n) is 8.34. The number of anilines is 1. The Morgan fingerprint density at radius 3 is 2.32 bits per heavy atom. The molecule has 142 valence electrons. The molecule has 2 N–H and O–H groups in total. The van der Waals surface area contributed by atoms with Crippen LogP contribution in [0.2, 0.25) is 0 Å². The average molecular weight is 378 g/mol. The summed E-state index contributed by atoms with van der Waals surface area (Å²) >= 11 is 0. The third-order valence-electron chi connectivity index (χ3n) is 4.21. The number of nitrogens with one attached hydrogen (secondary N) is 2. The quantitative estimate of drug-likeness (QED) is 0.720. The predicted octanol–water partition coefficient (Wildman–Crippen LogP) is 0.870. The normalized spacial score (nSPS) is 16.5. The molecule has 1 saturated heterocycles. The van der Waals surface area contributed by atoms with Crippen molar-refractivity contribution < 1.29 is 24.3 Å². The Morgan fingerprint density at radius 1 is 1.07 bits per heavy atom. The van der Waals surface area contributed by atoms with Gasteiger partial charge in [0.15, 0.2) is 5.92 Å². The number of imide groups is 2. The molecule has 1 aliphatic heterocycles. The molecule has 0 saturated carbocycles. The molecule has 0 bridgehead atoms. The molecule has 0 radical (unpaired) electrons. The van der Waals surface area contributed by atoms with Gasteiger partial charge in [0, 0.05) is 11.4 Å². The molecule has 8 heteroatoms. The summed E-state index contributed by atoms with van der Waals surface area (Å²) in [5.74, 6) is -4.09. The van der Waals surface area contributed by atoms with Gasteiger partial charge in [0.25, 0.3) is 0 Å². The van der Waals surface area contributed by atoms with E-state index in [-0.39, 0.29) is 17.8 Å². The van der Waals surface area contributed by atoms with Crippen LogP contribution in [0.5, 0.6) is 0 Å². The fourth-order valence-electron chi connectivity index (χ4n) is 2.78. The monoisotopic (exact) mass is 378 g/mol. The molecule has 1 heterocycles. The number of carbonyl (C=O) groups excluding carboxylic acids is 4. The SMILES string of the molecule is C=C(Nc1ccc(C(=O)[O-])cc1)[C@@H]1C(=O)NC(=O)N(Cc2ccccc2)C1=O. The summed E-state index contributed by atoms with van der Waals surface area (Å²) < 4.78 is 0. The minimum atomic E-state index is -1.32. The van der Waals surface area contributed by atoms with Gasteiger partial charge in [0.05, 0.1) is 12.5 Å². The van der Waals surface area contributed by atoms with Crippen molar-refractivity contribution in [2.24, 2.45) is 5.92 Å². The molecule has 0 spiro atoms. The number of urea groups is 1. The van der Waals surface area contributed by atoms with E-state index in [1.807, 2.05) is 6.07 Å². The van der Waals surface area contributed by atoms with Crippen molar-refractivity contribution in [3.63, 3.8) is 0 Å². The highest BCUT2D eigenvalue weighted by Gasteiger charge is 2.42. The summed E-state index contributed by atoms with van der Waals surface area (Å²) in [6.07, 6.45) is 0. The number of nitrogens with zero attached hydrogens (tertiary/aromatic N) is 1. The standard InChI is InChI=1S/C20H17N3O5/c1-12(21-15-9-7-14(8-10-15)19(26)27)16-17(24)22-20(28)23(18(16)25)11-13-5-3-2-4-6-13/h2-10,16,21H,1,11H2,(H,26,27)(H,22,24,28)/p-1/t16-/m1/s1. The van der Waals surface area contributed by atoms with E-state index in [9.17, 15) is 24.3 Å². The fourth-order valence-corrected chi connectivity index (χ4v) is 2.78. The van der Waals surface area contributed by atoms with E-state index >= 15 is 0 Å². The van der Waals surface area contributed by atoms with Crippen LogP contribution < -0.4 is 15.7 Å². The second-order valence-electron chi connectivity index (χ2n) is 6.15. The van der Waals surface area contributed by atoms with E-state index < -0.39 is 29.7 Å². The Labute approximate surface area is 160 Å². The van der Waals surface area contributed by atoms with Gasteiger partial charge >= 0.3 is 6.03 Å². The second-order valence-corrected chi connectivity index (χ2v) is 6.15. The smallest absolute Gasteiger partial charge is 0.331 e. The van der Waals surface area contributed by atoms with Gasteiger partial charge in [0.1, 0.15) is 0 Å². The number of barbiturate groups is 1. The summed E-state index contributed by atoms with van der Waals surface area (Å²) in [5.41, 5.74) is 1.22. The first-order valence-corrected chi connectivity index (χ1v) is 8.34. The Morgan fingerprint density at radius 2 is 1.71 bits per heavy atom. The van der Waals surface area contributed by atoms with Crippen LogP contribution >= 0.6 is 0 Å². The molecule has 0 aromatic heterocycles. The van der Waals surface area contributed by atoms with Gasteiger partial charge in [-0.2, -0.15) is 0 Å². The molecule has 8 nitrogen and oxygen atoms in total. The Balaban J connectivity index is 1.76. The molecule has 3 rings (SSSR count). The van der Waals surface area contributed by atoms with E-state index in [1.54, 1.807) is 24.3 Å². The third kappa shape index (κ3) is 3.90. The fraction of sp³-hybridized carbons (Fsp3) is 0.100. The minimum absolute atomic E-state index is 0.0118. The molecule has 28 heavy (non-hydrogen) atoms. The van der Waals surface area contributed by atoms with Crippen molar-refractivity contribution >= 4 is 29.5 Å². The number of aromatic carboxylic acids is 1. The molecule has 2 aromatic rings. The van der Waals surface area contributed by atoms with Crippen molar-refractivity contribution in [1.82, 2.24) is 10.2 Å². The number of benzene rings is 2. The highest BCUT2D eigenvalue weighted by atomic mass is 16.4. The second kappa shape index (κ2) is 7.75. The van der Waals surface area contributed by atoms with E-state index in [0.29, 0.717) is 5.69 Å². The van der Waals surface area contributed by atoms with Crippen LogP contribution in [0.1, 0.15) is 15.9 Å². The van der Waals surface area contributed by atoms with Crippen LogP contribution in [0.25, 0.3) is 0 Å². The number of hydrogen-bond donors (Lipinski definition) is 2. The topological polar surface area (TPSA) is 119 Å². The highest BCUT2D eigenvalue weighted by Crippen LogP contribution is 2.22. The largest absolute Gasteiger partial charge is 0.545 e. The molecule has 1 aliphatic rings. The summed E-state index contributed by atoms with van der Waals surface area (Å²) in [6.45, 7) is 3.76. The molecular formula is C20H16N3O5-. The number of carboxylic acids is 1. The summed E-state index contributed by atoms with van der Waals surface area (Å²) in [6, 6.07) is 13.6. The van der Waals surface area contributed by atoms with Crippen molar-refractivity contribution in [2.75, 3.05) is 5.32 Å². The lowest BCUT2D eigenvalue weighted by atomic mass is 10.0. The molecule has 0 aliphatic carbocycles. The van der Waals surface area contributed by atoms with Gasteiger partial charge in [-0.3, -0.25) is 19.8 Å². The zero-order valence-corrected chi connectivity index (χ0v) is 14.7. The predicted molar refractivity (Wildman–Crippen MR) is 97.6 cm³/mol. The zero-order valence-electron chi connectivity index (χ0n) is 14.7. The molecule has 1 atom stereocenters. The maximum Gasteiger partial charge on any atom is 0.331 e. The minimum Gasteiger partial charge on any atom is -0.545 e. The number of hydrogen-bond acceptors (Lipinski definition) is 6. The number of rotatable bonds is 6. The van der Waals surface area contributed by atoms with Crippen molar-refractivity contribution in [3.8, 4) is 0 Å². The van der Waals surface area contributed by atoms with Crippen LogP contribution in [-0.4, -0.2) is 28.7 Å². The van der Waals surface area contributed by atoms with Gasteiger partial charge in [-0.05, 0) is 23.3 Å². The summed E-state index contributed by atoms with van der Waals surface area (Å²) in [4.78, 5) is 48.9. The molecular weight excluding hydrogens is 362 g/mol. The maximum atomic E-state index is 12.8. The van der Waals surface area contributed by atoms with Gasteiger partial charge in [-0.1, -0.05) is 49.0 Å². The van der Waals surface area contributed by atoms with Crippen LogP contribution in [0, 0.1) is 5.92 Å². The van der Waals surface area contributed by atoms with Crippen molar-refractivity contribution in [1.29, 1.82) is 0 Å². The number of carboxylic acid groups (broad SMARTS) is 1. The van der Waals surface area contributed by atoms with E-state index in [2.05, 4.69) is 17.2 Å². The van der Waals surface area contributed by atoms with Crippen LogP contribution in [0.3, 0.4) is 0 Å². The zero-order chi connectivity index (χ0) is 20.3. The van der Waals surface area contributed by atoms with Crippen LogP contribution in [0.4, 0.5) is 10.5 Å². The van der Waals surface area contributed by atoms with Gasteiger partial charge < -0.3 is 15.2 Å². The van der Waals surface area contributed by atoms with Crippen molar-refractivity contribution in [3.05, 3.63) is 78.0 Å². The van der Waals surface area contributed by atoms with Gasteiger partial charge in [0.2, 0.25) is 11.8 Å². The van der Waals surface area contributed by atoms with E-state index in [4.69, 9.17) is 0 Å². The number of carbonyl (C=O) groups is 4. The Kier molecular flexibility index (Phi) is 5.21. The maximum absolute atomic E-state index is 12.8. The van der Waals surface area contributed by atoms with Crippen molar-refractivity contribution in [2.45, 2.75) is 6.54 Å². The van der Waals surface area contributed by atoms with Gasteiger partial charge in [-0.15, -0.1) is 0 Å². The lowest BCUT2D eigenvalue weighted by Crippen LogP contribution is -2.58. The molecule has 0 unspecified atom stereocenters. The first kappa shape index (κ1) is 18.8. The Bertz CT molecular complexity index is 954. The number of amides is 4.